The van der Waals surface area contributed by atoms with E-state index >= 15 is 0 Å². The van der Waals surface area contributed by atoms with Crippen LogP contribution < -0.4 is 0 Å². The monoisotopic (exact) mass is 496 g/mol. The molecular formula is C36H24N2. The summed E-state index contributed by atoms with van der Waals surface area (Å²) in [6.07, 6.45) is 0. The standard InChI is InChI=1S/C36H24N2/c1-2-12-25(13-3-1)27-14-4-8-18-32(27)38-35-21-11-7-17-30(35)31-24-26(22-23-36(31)38)37-33-19-9-5-15-28(33)29-16-6-10-20-34(29)37/h1-24H/i1D,2D,3D,7D,11D,12D,13D,17D,21D,22D,23D,24D. The summed E-state index contributed by atoms with van der Waals surface area (Å²) >= 11 is 0. The second-order valence-corrected chi connectivity index (χ2v) is 8.89. The lowest BCUT2D eigenvalue weighted by molar-refractivity contribution is 1.17. The molecule has 2 aromatic heterocycles. The molecule has 0 N–H and O–H groups in total. The van der Waals surface area contributed by atoms with Crippen molar-refractivity contribution in [3.63, 3.8) is 0 Å². The zero-order chi connectivity index (χ0) is 35.5. The SMILES string of the molecule is [2H]c1c([2H])c([2H])c(-c2ccccc2-n2c3c([2H])c([2H])c([2H])c([2H])c3c3c([2H])c(-n4c5ccccc5c5ccccc54)c([2H])c([2H])c32)c([2H])c1[2H]. The van der Waals surface area contributed by atoms with Crippen LogP contribution in [0.1, 0.15) is 16.4 Å². The van der Waals surface area contributed by atoms with E-state index < -0.39 is 54.4 Å². The van der Waals surface area contributed by atoms with E-state index in [-0.39, 0.29) is 62.4 Å². The molecule has 0 atom stereocenters. The third kappa shape index (κ3) is 3.01. The number of fused-ring (bicyclic) bond motifs is 6. The summed E-state index contributed by atoms with van der Waals surface area (Å²) in [5, 5.41) is 1.71. The number of benzene rings is 6. The fourth-order valence-electron chi connectivity index (χ4n) is 5.29. The zero-order valence-electron chi connectivity index (χ0n) is 31.8. The minimum Gasteiger partial charge on any atom is -0.309 e. The third-order valence-corrected chi connectivity index (χ3v) is 6.86. The smallest absolute Gasteiger partial charge is 0.0652 e. The summed E-state index contributed by atoms with van der Waals surface area (Å²) in [5.41, 5.74) is 1.45. The van der Waals surface area contributed by atoms with Crippen LogP contribution in [0, 0.1) is 0 Å². The molecule has 38 heavy (non-hydrogen) atoms. The van der Waals surface area contributed by atoms with Gasteiger partial charge in [-0.25, -0.2) is 0 Å². The largest absolute Gasteiger partial charge is 0.309 e. The van der Waals surface area contributed by atoms with Crippen LogP contribution in [0.15, 0.2) is 145 Å². The molecule has 0 saturated heterocycles. The number of rotatable bonds is 3. The molecule has 8 aromatic rings. The van der Waals surface area contributed by atoms with E-state index in [0.717, 1.165) is 10.8 Å². The van der Waals surface area contributed by atoms with E-state index in [0.29, 0.717) is 11.0 Å². The molecule has 0 aliphatic carbocycles. The van der Waals surface area contributed by atoms with Crippen LogP contribution >= 0.6 is 0 Å². The first-order valence-corrected chi connectivity index (χ1v) is 12.1. The summed E-state index contributed by atoms with van der Waals surface area (Å²) in [6.45, 7) is 0. The fraction of sp³-hybridized carbons (Fsp3) is 0. The molecule has 2 heteroatoms. The minimum atomic E-state index is -0.573. The van der Waals surface area contributed by atoms with Crippen molar-refractivity contribution < 1.29 is 16.4 Å². The van der Waals surface area contributed by atoms with Crippen LogP contribution in [0.25, 0.3) is 66.1 Å². The Morgan fingerprint density at radius 3 is 1.87 bits per heavy atom. The van der Waals surface area contributed by atoms with Crippen molar-refractivity contribution in [2.45, 2.75) is 0 Å². The Bertz CT molecular complexity index is 2720. The van der Waals surface area contributed by atoms with Gasteiger partial charge in [-0.15, -0.1) is 0 Å². The molecule has 0 saturated carbocycles. The van der Waals surface area contributed by atoms with Crippen molar-refractivity contribution >= 4 is 43.6 Å². The molecule has 0 spiro atoms. The highest BCUT2D eigenvalue weighted by molar-refractivity contribution is 6.12. The van der Waals surface area contributed by atoms with Gasteiger partial charge in [0.05, 0.1) is 44.2 Å². The molecule has 178 valence electrons. The molecule has 0 bridgehead atoms. The van der Waals surface area contributed by atoms with Crippen molar-refractivity contribution in [1.82, 2.24) is 9.13 Å². The van der Waals surface area contributed by atoms with Crippen LogP contribution in [-0.4, -0.2) is 9.13 Å². The van der Waals surface area contributed by atoms with Crippen molar-refractivity contribution in [2.24, 2.45) is 0 Å². The maximum atomic E-state index is 9.70. The first-order valence-electron chi connectivity index (χ1n) is 18.1. The van der Waals surface area contributed by atoms with Gasteiger partial charge in [0, 0.05) is 32.8 Å². The quantitative estimate of drug-likeness (QED) is 0.230. The fourth-order valence-corrected chi connectivity index (χ4v) is 5.29. The minimum absolute atomic E-state index is 0.0146. The molecule has 0 fully saturated rings. The zero-order valence-corrected chi connectivity index (χ0v) is 19.8. The molecule has 0 radical (unpaired) electrons. The molecule has 0 amide bonds. The van der Waals surface area contributed by atoms with Crippen LogP contribution in [0.5, 0.6) is 0 Å². The van der Waals surface area contributed by atoms with Gasteiger partial charge < -0.3 is 9.13 Å². The van der Waals surface area contributed by atoms with E-state index in [4.69, 9.17) is 12.3 Å². The van der Waals surface area contributed by atoms with Crippen molar-refractivity contribution in [2.75, 3.05) is 0 Å². The average Bonchev–Trinajstić information content (AvgIpc) is 3.65. The van der Waals surface area contributed by atoms with Gasteiger partial charge in [0.1, 0.15) is 0 Å². The molecule has 0 aliphatic rings. The Balaban J connectivity index is 1.61. The van der Waals surface area contributed by atoms with Gasteiger partial charge in [0.25, 0.3) is 0 Å². The van der Waals surface area contributed by atoms with Gasteiger partial charge >= 0.3 is 0 Å². The summed E-state index contributed by atoms with van der Waals surface area (Å²) in [4.78, 5) is 0. The highest BCUT2D eigenvalue weighted by Crippen LogP contribution is 2.38. The predicted molar refractivity (Wildman–Crippen MR) is 161 cm³/mol. The van der Waals surface area contributed by atoms with E-state index in [1.807, 2.05) is 48.5 Å². The average molecular weight is 497 g/mol. The summed E-state index contributed by atoms with van der Waals surface area (Å²) < 4.78 is 109. The highest BCUT2D eigenvalue weighted by Gasteiger charge is 2.17. The molecule has 8 rings (SSSR count). The van der Waals surface area contributed by atoms with E-state index in [1.165, 1.54) is 10.6 Å². The maximum absolute atomic E-state index is 9.70. The van der Waals surface area contributed by atoms with Gasteiger partial charge in [-0.05, 0) is 47.9 Å². The number of hydrogen-bond donors (Lipinski definition) is 0. The van der Waals surface area contributed by atoms with Crippen molar-refractivity contribution in [3.05, 3.63) is 145 Å². The van der Waals surface area contributed by atoms with E-state index in [9.17, 15) is 4.11 Å². The molecule has 0 aliphatic heterocycles. The molecular weight excluding hydrogens is 460 g/mol. The van der Waals surface area contributed by atoms with Gasteiger partial charge in [-0.1, -0.05) is 103 Å². The predicted octanol–water partition coefficient (Wildman–Crippen LogP) is 9.55. The number of para-hydroxylation sites is 4. The lowest BCUT2D eigenvalue weighted by Crippen LogP contribution is -1.97. The lowest BCUT2D eigenvalue weighted by atomic mass is 10.0. The normalized spacial score (nSPS) is 16.1. The first-order chi connectivity index (χ1) is 23.9. The molecule has 0 unspecified atom stereocenters. The van der Waals surface area contributed by atoms with Crippen LogP contribution in [0.2, 0.25) is 0 Å². The van der Waals surface area contributed by atoms with E-state index in [1.54, 1.807) is 22.8 Å². The highest BCUT2D eigenvalue weighted by atomic mass is 15.0. The van der Waals surface area contributed by atoms with E-state index in [2.05, 4.69) is 0 Å². The lowest BCUT2D eigenvalue weighted by Gasteiger charge is -2.14. The second kappa shape index (κ2) is 8.22. The van der Waals surface area contributed by atoms with Crippen molar-refractivity contribution in [3.8, 4) is 22.5 Å². The topological polar surface area (TPSA) is 9.86 Å². The molecule has 2 heterocycles. The Hall–Kier alpha value is -5.08. The number of hydrogen-bond acceptors (Lipinski definition) is 0. The molecule has 6 aromatic carbocycles. The van der Waals surface area contributed by atoms with Gasteiger partial charge in [-0.3, -0.25) is 0 Å². The number of aromatic nitrogens is 2. The van der Waals surface area contributed by atoms with Crippen molar-refractivity contribution in [1.29, 1.82) is 0 Å². The van der Waals surface area contributed by atoms with Crippen LogP contribution in [-0.2, 0) is 0 Å². The Kier molecular flexibility index (Phi) is 2.69. The number of nitrogens with zero attached hydrogens (tertiary/aromatic N) is 2. The Labute approximate surface area is 237 Å². The Morgan fingerprint density at radius 2 is 1.08 bits per heavy atom. The summed E-state index contributed by atoms with van der Waals surface area (Å²) in [6, 6.07) is 15.8. The first kappa shape index (κ1) is 12.4. The summed E-state index contributed by atoms with van der Waals surface area (Å²) in [7, 11) is 0. The second-order valence-electron chi connectivity index (χ2n) is 8.89. The van der Waals surface area contributed by atoms with Gasteiger partial charge in [-0.2, -0.15) is 0 Å². The maximum Gasteiger partial charge on any atom is 0.0652 e. The summed E-state index contributed by atoms with van der Waals surface area (Å²) in [5.74, 6) is 0. The van der Waals surface area contributed by atoms with Gasteiger partial charge in [0.2, 0.25) is 0 Å². The Morgan fingerprint density at radius 1 is 0.447 bits per heavy atom. The third-order valence-electron chi connectivity index (χ3n) is 6.86. The molecule has 2 nitrogen and oxygen atoms in total. The van der Waals surface area contributed by atoms with Crippen LogP contribution in [0.3, 0.4) is 0 Å². The van der Waals surface area contributed by atoms with Crippen LogP contribution in [0.4, 0.5) is 0 Å². The van der Waals surface area contributed by atoms with Gasteiger partial charge in [0.15, 0.2) is 0 Å².